The van der Waals surface area contributed by atoms with Gasteiger partial charge in [-0.25, -0.2) is 0 Å². The fourth-order valence-corrected chi connectivity index (χ4v) is 4.21. The van der Waals surface area contributed by atoms with Gasteiger partial charge in [0.25, 0.3) is 0 Å². The average molecular weight is 452 g/mol. The summed E-state index contributed by atoms with van der Waals surface area (Å²) in [5, 5.41) is 12.5. The predicted molar refractivity (Wildman–Crippen MR) is 128 cm³/mol. The molecule has 1 N–H and O–H groups in total. The molecule has 3 aromatic rings. The third-order valence-corrected chi connectivity index (χ3v) is 6.11. The number of Topliss-reactive ketones (excluding diaryl/α,β-unsaturated/α-hetero) is 1. The molecule has 1 amide bonds. The van der Waals surface area contributed by atoms with Gasteiger partial charge in [-0.1, -0.05) is 49.0 Å². The van der Waals surface area contributed by atoms with Crippen LogP contribution in [0.2, 0.25) is 0 Å². The molecule has 0 spiro atoms. The standard InChI is InChI=1S/C24H29N5O2S/c1-5-21(28(3)4)23-26-27-24(29(23)15-18-9-7-6-8-10-18)32-16-22(31)25-20-13-11-19(12-14-20)17(2)30/h6-14,21H,5,15-16H2,1-4H3,(H,25,31). The molecule has 1 aromatic heterocycles. The smallest absolute Gasteiger partial charge is 0.234 e. The van der Waals surface area contributed by atoms with Crippen LogP contribution in [0.5, 0.6) is 0 Å². The molecule has 0 radical (unpaired) electrons. The van der Waals surface area contributed by atoms with Crippen LogP contribution >= 0.6 is 11.8 Å². The predicted octanol–water partition coefficient (Wildman–Crippen LogP) is 4.27. The molecule has 0 aliphatic rings. The van der Waals surface area contributed by atoms with Crippen molar-refractivity contribution in [2.24, 2.45) is 0 Å². The summed E-state index contributed by atoms with van der Waals surface area (Å²) >= 11 is 1.37. The highest BCUT2D eigenvalue weighted by Crippen LogP contribution is 2.26. The van der Waals surface area contributed by atoms with Crippen LogP contribution in [0.1, 0.15) is 48.1 Å². The number of benzene rings is 2. The van der Waals surface area contributed by atoms with Crippen molar-refractivity contribution < 1.29 is 9.59 Å². The summed E-state index contributed by atoms with van der Waals surface area (Å²) in [4.78, 5) is 26.1. The Kier molecular flexibility index (Phi) is 8.19. The van der Waals surface area contributed by atoms with E-state index in [0.717, 1.165) is 17.8 Å². The van der Waals surface area contributed by atoms with Gasteiger partial charge in [0.1, 0.15) is 0 Å². The van der Waals surface area contributed by atoms with Crippen LogP contribution in [0.3, 0.4) is 0 Å². The van der Waals surface area contributed by atoms with Gasteiger partial charge in [-0.15, -0.1) is 10.2 Å². The van der Waals surface area contributed by atoms with E-state index in [-0.39, 0.29) is 23.5 Å². The molecule has 8 heteroatoms. The molecule has 32 heavy (non-hydrogen) atoms. The van der Waals surface area contributed by atoms with Crippen molar-refractivity contribution in [2.45, 2.75) is 38.0 Å². The number of hydrogen-bond acceptors (Lipinski definition) is 6. The number of nitrogens with zero attached hydrogens (tertiary/aromatic N) is 4. The second kappa shape index (κ2) is 11.1. The maximum atomic E-state index is 12.5. The molecule has 1 atom stereocenters. The van der Waals surface area contributed by atoms with Crippen molar-refractivity contribution in [1.82, 2.24) is 19.7 Å². The minimum Gasteiger partial charge on any atom is -0.325 e. The lowest BCUT2D eigenvalue weighted by molar-refractivity contribution is -0.113. The van der Waals surface area contributed by atoms with Crippen molar-refractivity contribution in [1.29, 1.82) is 0 Å². The van der Waals surface area contributed by atoms with Gasteiger partial charge in [0.2, 0.25) is 5.91 Å². The number of amides is 1. The first-order valence-electron chi connectivity index (χ1n) is 10.6. The summed E-state index contributed by atoms with van der Waals surface area (Å²) in [7, 11) is 4.07. The number of thioether (sulfide) groups is 1. The number of rotatable bonds is 10. The molecule has 1 unspecified atom stereocenters. The van der Waals surface area contributed by atoms with Gasteiger partial charge in [-0.2, -0.15) is 0 Å². The summed E-state index contributed by atoms with van der Waals surface area (Å²) in [5.41, 5.74) is 2.43. The van der Waals surface area contributed by atoms with Gasteiger partial charge in [0, 0.05) is 11.3 Å². The Morgan fingerprint density at radius 1 is 1.06 bits per heavy atom. The van der Waals surface area contributed by atoms with E-state index in [4.69, 9.17) is 0 Å². The van der Waals surface area contributed by atoms with Crippen LogP contribution in [-0.2, 0) is 11.3 Å². The Balaban J connectivity index is 1.74. The summed E-state index contributed by atoms with van der Waals surface area (Å²) < 4.78 is 2.10. The Morgan fingerprint density at radius 3 is 2.34 bits per heavy atom. The first-order chi connectivity index (χ1) is 15.4. The second-order valence-electron chi connectivity index (χ2n) is 7.77. The van der Waals surface area contributed by atoms with E-state index in [1.54, 1.807) is 24.3 Å². The van der Waals surface area contributed by atoms with Crippen LogP contribution in [-0.4, -0.2) is 51.2 Å². The number of ketones is 1. The summed E-state index contributed by atoms with van der Waals surface area (Å²) in [6.45, 7) is 4.29. The summed E-state index contributed by atoms with van der Waals surface area (Å²) in [5.74, 6) is 0.959. The third kappa shape index (κ3) is 6.05. The Morgan fingerprint density at radius 2 is 1.75 bits per heavy atom. The third-order valence-electron chi connectivity index (χ3n) is 5.14. The van der Waals surface area contributed by atoms with E-state index in [2.05, 4.69) is 44.0 Å². The first kappa shape index (κ1) is 23.7. The lowest BCUT2D eigenvalue weighted by Gasteiger charge is -2.23. The molecule has 0 fully saturated rings. The normalized spacial score (nSPS) is 12.0. The summed E-state index contributed by atoms with van der Waals surface area (Å²) in [6, 6.07) is 17.2. The van der Waals surface area contributed by atoms with E-state index in [9.17, 15) is 9.59 Å². The minimum absolute atomic E-state index is 0.00454. The maximum Gasteiger partial charge on any atom is 0.234 e. The van der Waals surface area contributed by atoms with E-state index < -0.39 is 0 Å². The number of carbonyl (C=O) groups is 2. The Labute approximate surface area is 193 Å². The lowest BCUT2D eigenvalue weighted by Crippen LogP contribution is -2.23. The highest BCUT2D eigenvalue weighted by atomic mass is 32.2. The molecule has 0 saturated heterocycles. The van der Waals surface area contributed by atoms with Crippen molar-refractivity contribution in [2.75, 3.05) is 25.2 Å². The van der Waals surface area contributed by atoms with E-state index in [1.165, 1.54) is 18.7 Å². The van der Waals surface area contributed by atoms with E-state index in [0.29, 0.717) is 23.0 Å². The van der Waals surface area contributed by atoms with Crippen LogP contribution < -0.4 is 5.32 Å². The molecule has 0 bridgehead atoms. The SMILES string of the molecule is CCC(c1nnc(SCC(=O)Nc2ccc(C(C)=O)cc2)n1Cc1ccccc1)N(C)C. The average Bonchev–Trinajstić information content (AvgIpc) is 3.15. The molecule has 0 aliphatic heterocycles. The zero-order valence-corrected chi connectivity index (χ0v) is 19.7. The first-order valence-corrected chi connectivity index (χ1v) is 11.5. The molecule has 7 nitrogen and oxygen atoms in total. The molecular weight excluding hydrogens is 422 g/mol. The monoisotopic (exact) mass is 451 g/mol. The molecule has 168 valence electrons. The van der Waals surface area contributed by atoms with Crippen LogP contribution in [0.4, 0.5) is 5.69 Å². The highest BCUT2D eigenvalue weighted by molar-refractivity contribution is 7.99. The Bertz CT molecular complexity index is 1050. The number of nitrogens with one attached hydrogen (secondary N) is 1. The lowest BCUT2D eigenvalue weighted by atomic mass is 10.1. The van der Waals surface area contributed by atoms with E-state index in [1.807, 2.05) is 32.3 Å². The van der Waals surface area contributed by atoms with Gasteiger partial charge < -0.3 is 9.88 Å². The number of hydrogen-bond donors (Lipinski definition) is 1. The number of carbonyl (C=O) groups excluding carboxylic acids is 2. The zero-order valence-electron chi connectivity index (χ0n) is 18.9. The molecule has 3 rings (SSSR count). The number of aromatic nitrogens is 3. The second-order valence-corrected chi connectivity index (χ2v) is 8.71. The molecular formula is C24H29N5O2S. The van der Waals surface area contributed by atoms with Gasteiger partial charge >= 0.3 is 0 Å². The van der Waals surface area contributed by atoms with Crippen LogP contribution in [0.15, 0.2) is 59.8 Å². The zero-order chi connectivity index (χ0) is 23.1. The van der Waals surface area contributed by atoms with Gasteiger partial charge in [0.05, 0.1) is 18.3 Å². The van der Waals surface area contributed by atoms with Crippen molar-refractivity contribution in [3.05, 3.63) is 71.5 Å². The van der Waals surface area contributed by atoms with E-state index >= 15 is 0 Å². The Hall–Kier alpha value is -2.97. The molecule has 2 aromatic carbocycles. The van der Waals surface area contributed by atoms with Crippen LogP contribution in [0, 0.1) is 0 Å². The molecule has 1 heterocycles. The quantitative estimate of drug-likeness (QED) is 0.366. The van der Waals surface area contributed by atoms with Gasteiger partial charge in [-0.3, -0.25) is 14.5 Å². The highest BCUT2D eigenvalue weighted by Gasteiger charge is 2.22. The molecule has 0 aliphatic carbocycles. The number of anilines is 1. The van der Waals surface area contributed by atoms with Gasteiger partial charge in [-0.05, 0) is 57.3 Å². The largest absolute Gasteiger partial charge is 0.325 e. The summed E-state index contributed by atoms with van der Waals surface area (Å²) in [6.07, 6.45) is 0.904. The fourth-order valence-electron chi connectivity index (χ4n) is 3.46. The van der Waals surface area contributed by atoms with Crippen molar-refractivity contribution in [3.8, 4) is 0 Å². The van der Waals surface area contributed by atoms with Gasteiger partial charge in [0.15, 0.2) is 16.8 Å². The maximum absolute atomic E-state index is 12.5. The fraction of sp³-hybridized carbons (Fsp3) is 0.333. The van der Waals surface area contributed by atoms with Crippen LogP contribution in [0.25, 0.3) is 0 Å². The van der Waals surface area contributed by atoms with Crippen molar-refractivity contribution >= 4 is 29.1 Å². The minimum atomic E-state index is -0.138. The molecule has 0 saturated carbocycles. The van der Waals surface area contributed by atoms with Crippen molar-refractivity contribution in [3.63, 3.8) is 0 Å². The topological polar surface area (TPSA) is 80.1 Å².